The molecule has 5 aliphatic carbocycles. The van der Waals surface area contributed by atoms with Crippen molar-refractivity contribution in [2.45, 2.75) is 68.2 Å². The van der Waals surface area contributed by atoms with Gasteiger partial charge in [-0.2, -0.15) is 0 Å². The van der Waals surface area contributed by atoms with Crippen molar-refractivity contribution in [3.05, 3.63) is 0 Å². The van der Waals surface area contributed by atoms with E-state index in [9.17, 15) is 0 Å². The van der Waals surface area contributed by atoms with Gasteiger partial charge in [-0.1, -0.05) is 55.4 Å². The third-order valence-electron chi connectivity index (χ3n) is 11.9. The van der Waals surface area contributed by atoms with Gasteiger partial charge in [0.2, 0.25) is 0 Å². The molecule has 0 nitrogen and oxygen atoms in total. The molecule has 22 heavy (non-hydrogen) atoms. The van der Waals surface area contributed by atoms with E-state index in [4.69, 9.17) is 0 Å². The molecule has 0 aromatic carbocycles. The summed E-state index contributed by atoms with van der Waals surface area (Å²) in [6.07, 6.45) is 3.16. The molecule has 0 aromatic rings. The van der Waals surface area contributed by atoms with Gasteiger partial charge in [0, 0.05) is 0 Å². The van der Waals surface area contributed by atoms with E-state index >= 15 is 0 Å². The van der Waals surface area contributed by atoms with Crippen LogP contribution in [0.5, 0.6) is 0 Å². The second kappa shape index (κ2) is 3.36. The Hall–Kier alpha value is 0. The third-order valence-corrected chi connectivity index (χ3v) is 11.9. The van der Waals surface area contributed by atoms with Crippen LogP contribution in [0.3, 0.4) is 0 Å². The standard InChI is InChI=1S/C22H36/c1-11(2)20(8)15(6)16-12(3)17-18(16)22-10-21(17,9-19(20,22)7)13(4)14(22)5/h11-18H,9-10H2,1-8H3. The van der Waals surface area contributed by atoms with Crippen molar-refractivity contribution in [1.29, 1.82) is 0 Å². The van der Waals surface area contributed by atoms with Crippen LogP contribution in [0.25, 0.3) is 0 Å². The van der Waals surface area contributed by atoms with Crippen LogP contribution in [0.4, 0.5) is 0 Å². The highest BCUT2D eigenvalue weighted by Crippen LogP contribution is 2.96. The van der Waals surface area contributed by atoms with Gasteiger partial charge in [0.15, 0.2) is 0 Å². The molecule has 11 atom stereocenters. The van der Waals surface area contributed by atoms with Crippen molar-refractivity contribution in [3.63, 3.8) is 0 Å². The van der Waals surface area contributed by atoms with E-state index in [-0.39, 0.29) is 0 Å². The maximum absolute atomic E-state index is 2.75. The Balaban J connectivity index is 1.80. The molecule has 11 unspecified atom stereocenters. The van der Waals surface area contributed by atoms with E-state index in [1.54, 1.807) is 12.8 Å². The van der Waals surface area contributed by atoms with Crippen molar-refractivity contribution >= 4 is 0 Å². The predicted molar refractivity (Wildman–Crippen MR) is 92.3 cm³/mol. The number of hydrogen-bond donors (Lipinski definition) is 0. The van der Waals surface area contributed by atoms with Crippen molar-refractivity contribution in [2.75, 3.05) is 0 Å². The van der Waals surface area contributed by atoms with E-state index in [1.807, 2.05) is 0 Å². The van der Waals surface area contributed by atoms with Crippen LogP contribution < -0.4 is 0 Å². The quantitative estimate of drug-likeness (QED) is 0.568. The van der Waals surface area contributed by atoms with Crippen molar-refractivity contribution < 1.29 is 0 Å². The number of rotatable bonds is 1. The fraction of sp³-hybridized carbons (Fsp3) is 1.00. The molecule has 0 N–H and O–H groups in total. The molecule has 0 aliphatic heterocycles. The molecule has 0 radical (unpaired) electrons. The van der Waals surface area contributed by atoms with Crippen molar-refractivity contribution in [1.82, 2.24) is 0 Å². The first kappa shape index (κ1) is 14.4. The topological polar surface area (TPSA) is 0 Å². The predicted octanol–water partition coefficient (Wildman–Crippen LogP) is 5.87. The van der Waals surface area contributed by atoms with Gasteiger partial charge in [0.25, 0.3) is 0 Å². The average Bonchev–Trinajstić information content (AvgIpc) is 2.94. The Morgan fingerprint density at radius 2 is 1.45 bits per heavy atom. The summed E-state index contributed by atoms with van der Waals surface area (Å²) >= 11 is 0. The zero-order valence-corrected chi connectivity index (χ0v) is 16.0. The summed E-state index contributed by atoms with van der Waals surface area (Å²) in [4.78, 5) is 0. The lowest BCUT2D eigenvalue weighted by Gasteiger charge is -2.81. The molecule has 0 heteroatoms. The Kier molecular flexibility index (Phi) is 2.19. The van der Waals surface area contributed by atoms with Gasteiger partial charge in [-0.05, 0) is 81.8 Å². The summed E-state index contributed by atoms with van der Waals surface area (Å²) in [5.41, 5.74) is 2.55. The van der Waals surface area contributed by atoms with E-state index < -0.39 is 0 Å². The molecular weight excluding hydrogens is 264 g/mol. The van der Waals surface area contributed by atoms with Crippen molar-refractivity contribution in [2.24, 2.45) is 69.0 Å². The van der Waals surface area contributed by atoms with Crippen LogP contribution in [-0.4, -0.2) is 0 Å². The molecule has 0 aromatic heterocycles. The van der Waals surface area contributed by atoms with Gasteiger partial charge < -0.3 is 0 Å². The molecule has 0 amide bonds. The minimum absolute atomic E-state index is 0.532. The fourth-order valence-corrected chi connectivity index (χ4v) is 10.9. The summed E-state index contributed by atoms with van der Waals surface area (Å²) in [5.74, 6) is 7.89. The van der Waals surface area contributed by atoms with Crippen LogP contribution >= 0.6 is 0 Å². The highest BCUT2D eigenvalue weighted by molar-refractivity contribution is 5.38. The second-order valence-electron chi connectivity index (χ2n) is 11.3. The summed E-state index contributed by atoms with van der Waals surface area (Å²) in [5, 5.41) is 0. The normalized spacial score (nSPS) is 73.8. The Labute approximate surface area is 137 Å². The first-order chi connectivity index (χ1) is 10.1. The molecule has 5 saturated carbocycles. The van der Waals surface area contributed by atoms with Crippen LogP contribution in [0.1, 0.15) is 68.2 Å². The van der Waals surface area contributed by atoms with Gasteiger partial charge in [0.05, 0.1) is 0 Å². The molecule has 5 rings (SSSR count). The molecule has 5 aliphatic rings. The highest BCUT2D eigenvalue weighted by atomic mass is 15.0. The number of hydrogen-bond acceptors (Lipinski definition) is 0. The molecule has 2 bridgehead atoms. The monoisotopic (exact) mass is 300 g/mol. The summed E-state index contributed by atoms with van der Waals surface area (Å²) < 4.78 is 0. The summed E-state index contributed by atoms with van der Waals surface area (Å²) in [6.45, 7) is 21.1. The highest BCUT2D eigenvalue weighted by Gasteiger charge is 2.91. The largest absolute Gasteiger partial charge is 0.0622 e. The lowest BCUT2D eigenvalue weighted by molar-refractivity contribution is -0.342. The van der Waals surface area contributed by atoms with Gasteiger partial charge in [0.1, 0.15) is 0 Å². The van der Waals surface area contributed by atoms with Gasteiger partial charge >= 0.3 is 0 Å². The smallest absolute Gasteiger partial charge is 0.0170 e. The van der Waals surface area contributed by atoms with Gasteiger partial charge in [-0.25, -0.2) is 0 Å². The average molecular weight is 301 g/mol. The molecule has 0 saturated heterocycles. The lowest BCUT2D eigenvalue weighted by Crippen LogP contribution is -2.77. The first-order valence-electron chi connectivity index (χ1n) is 10.1. The molecular formula is C22H36. The SMILES string of the molecule is CC1C2C(C)C(C)(C(C)C)C3(C)CC45CC3(C(C)C4C)C2C15. The van der Waals surface area contributed by atoms with Gasteiger partial charge in [-0.3, -0.25) is 0 Å². The molecule has 124 valence electrons. The van der Waals surface area contributed by atoms with Crippen LogP contribution in [-0.2, 0) is 0 Å². The zero-order chi connectivity index (χ0) is 16.0. The maximum Gasteiger partial charge on any atom is -0.0170 e. The minimum atomic E-state index is 0.532. The van der Waals surface area contributed by atoms with E-state index in [0.29, 0.717) is 16.2 Å². The molecule has 0 heterocycles. The zero-order valence-electron chi connectivity index (χ0n) is 16.0. The Morgan fingerprint density at radius 3 is 2.05 bits per heavy atom. The summed E-state index contributed by atoms with van der Waals surface area (Å²) in [7, 11) is 0. The molecule has 1 spiro atoms. The lowest BCUT2D eigenvalue weighted by atomic mass is 9.23. The van der Waals surface area contributed by atoms with E-state index in [1.165, 1.54) is 0 Å². The first-order valence-corrected chi connectivity index (χ1v) is 10.1. The van der Waals surface area contributed by atoms with Crippen LogP contribution in [0, 0.1) is 69.0 Å². The van der Waals surface area contributed by atoms with E-state index in [0.717, 1.165) is 52.8 Å². The second-order valence-corrected chi connectivity index (χ2v) is 11.3. The summed E-state index contributed by atoms with van der Waals surface area (Å²) in [6, 6.07) is 0. The van der Waals surface area contributed by atoms with Crippen LogP contribution in [0.2, 0.25) is 0 Å². The maximum atomic E-state index is 2.75. The molecule has 5 fully saturated rings. The Bertz CT molecular complexity index is 562. The Morgan fingerprint density at radius 1 is 0.818 bits per heavy atom. The fourth-order valence-electron chi connectivity index (χ4n) is 10.9. The van der Waals surface area contributed by atoms with Crippen molar-refractivity contribution in [3.8, 4) is 0 Å². The van der Waals surface area contributed by atoms with Crippen LogP contribution in [0.15, 0.2) is 0 Å². The van der Waals surface area contributed by atoms with E-state index in [2.05, 4.69) is 55.4 Å². The minimum Gasteiger partial charge on any atom is -0.0622 e. The van der Waals surface area contributed by atoms with Gasteiger partial charge in [-0.15, -0.1) is 0 Å². The third kappa shape index (κ3) is 0.891.